The number of hydrogen-bond donors (Lipinski definition) is 2. The van der Waals surface area contributed by atoms with Crippen molar-refractivity contribution in [3.8, 4) is 0 Å². The molecule has 2 rings (SSSR count). The summed E-state index contributed by atoms with van der Waals surface area (Å²) in [4.78, 5) is 15.7. The number of amides is 1. The predicted octanol–water partition coefficient (Wildman–Crippen LogP) is 0.985. The number of sulfonamides is 1. The van der Waals surface area contributed by atoms with Crippen LogP contribution in [-0.2, 0) is 21.4 Å². The summed E-state index contributed by atoms with van der Waals surface area (Å²) in [6.07, 6.45) is 3.25. The van der Waals surface area contributed by atoms with Crippen molar-refractivity contribution >= 4 is 15.9 Å². The zero-order valence-corrected chi connectivity index (χ0v) is 12.9. The quantitative estimate of drug-likeness (QED) is 0.831. The number of nitrogens with one attached hydrogen (secondary N) is 2. The van der Waals surface area contributed by atoms with Gasteiger partial charge in [-0.15, -0.1) is 0 Å². The summed E-state index contributed by atoms with van der Waals surface area (Å²) in [5.74, 6) is -0.395. The van der Waals surface area contributed by atoms with Crippen molar-refractivity contribution in [3.05, 3.63) is 59.9 Å². The highest BCUT2D eigenvalue weighted by molar-refractivity contribution is 7.89. The maximum Gasteiger partial charge on any atom is 0.241 e. The minimum atomic E-state index is -3.68. The van der Waals surface area contributed by atoms with E-state index < -0.39 is 15.9 Å². The normalized spacial score (nSPS) is 11.1. The van der Waals surface area contributed by atoms with E-state index in [2.05, 4.69) is 15.0 Å². The van der Waals surface area contributed by atoms with E-state index in [1.54, 1.807) is 49.6 Å². The number of hydrogen-bond acceptors (Lipinski definition) is 4. The molecule has 2 N–H and O–H groups in total. The second kappa shape index (κ2) is 7.15. The molecule has 7 heteroatoms. The highest BCUT2D eigenvalue weighted by Gasteiger charge is 2.15. The van der Waals surface area contributed by atoms with Crippen molar-refractivity contribution in [2.24, 2.45) is 0 Å². The van der Waals surface area contributed by atoms with E-state index in [0.717, 1.165) is 11.1 Å². The van der Waals surface area contributed by atoms with Crippen molar-refractivity contribution in [2.75, 3.05) is 6.54 Å². The number of carbonyl (C=O) groups is 1. The summed E-state index contributed by atoms with van der Waals surface area (Å²) in [5, 5.41) is 2.64. The summed E-state index contributed by atoms with van der Waals surface area (Å²) in [5.41, 5.74) is 1.73. The molecule has 1 amide bonds. The van der Waals surface area contributed by atoms with Crippen LogP contribution in [0, 0.1) is 6.92 Å². The van der Waals surface area contributed by atoms with Crippen molar-refractivity contribution in [3.63, 3.8) is 0 Å². The second-order valence-corrected chi connectivity index (χ2v) is 6.54. The maximum atomic E-state index is 12.1. The largest absolute Gasteiger partial charge is 0.351 e. The smallest absolute Gasteiger partial charge is 0.241 e. The van der Waals surface area contributed by atoms with Crippen LogP contribution < -0.4 is 10.0 Å². The van der Waals surface area contributed by atoms with Crippen LogP contribution in [-0.4, -0.2) is 25.9 Å². The lowest BCUT2D eigenvalue weighted by molar-refractivity contribution is -0.120. The fourth-order valence-corrected chi connectivity index (χ4v) is 2.88. The molecule has 116 valence electrons. The minimum Gasteiger partial charge on any atom is -0.351 e. The Morgan fingerprint density at radius 1 is 1.18 bits per heavy atom. The van der Waals surface area contributed by atoms with E-state index in [1.165, 1.54) is 6.07 Å². The number of rotatable bonds is 6. The summed E-state index contributed by atoms with van der Waals surface area (Å²) in [7, 11) is -3.68. The number of aryl methyl sites for hydroxylation is 1. The third kappa shape index (κ3) is 4.64. The van der Waals surface area contributed by atoms with Gasteiger partial charge in [-0.3, -0.25) is 9.78 Å². The summed E-state index contributed by atoms with van der Waals surface area (Å²) in [6.45, 7) is 1.83. The number of aromatic nitrogens is 1. The number of nitrogens with zero attached hydrogens (tertiary/aromatic N) is 1. The van der Waals surface area contributed by atoms with Crippen LogP contribution >= 0.6 is 0 Å². The highest BCUT2D eigenvalue weighted by Crippen LogP contribution is 2.10. The molecule has 0 spiro atoms. The maximum absolute atomic E-state index is 12.1. The molecule has 0 bridgehead atoms. The second-order valence-electron chi connectivity index (χ2n) is 4.77. The van der Waals surface area contributed by atoms with E-state index in [4.69, 9.17) is 0 Å². The van der Waals surface area contributed by atoms with E-state index in [-0.39, 0.29) is 11.4 Å². The molecule has 0 unspecified atom stereocenters. The summed E-state index contributed by atoms with van der Waals surface area (Å²) >= 11 is 0. The summed E-state index contributed by atoms with van der Waals surface area (Å²) in [6, 6.07) is 10.1. The van der Waals surface area contributed by atoms with Crippen LogP contribution in [0.3, 0.4) is 0 Å². The van der Waals surface area contributed by atoms with Gasteiger partial charge in [-0.25, -0.2) is 13.1 Å². The van der Waals surface area contributed by atoms with Crippen LogP contribution in [0.2, 0.25) is 0 Å². The van der Waals surface area contributed by atoms with Gasteiger partial charge >= 0.3 is 0 Å². The first-order valence-corrected chi connectivity index (χ1v) is 8.17. The Labute approximate surface area is 129 Å². The highest BCUT2D eigenvalue weighted by atomic mass is 32.2. The van der Waals surface area contributed by atoms with Crippen LogP contribution in [0.1, 0.15) is 11.1 Å². The van der Waals surface area contributed by atoms with E-state index in [9.17, 15) is 13.2 Å². The van der Waals surface area contributed by atoms with Gasteiger partial charge in [-0.1, -0.05) is 12.1 Å². The average molecular weight is 319 g/mol. The van der Waals surface area contributed by atoms with E-state index in [1.807, 2.05) is 0 Å². The topological polar surface area (TPSA) is 88.2 Å². The molecule has 1 aromatic heterocycles. The molecule has 0 saturated heterocycles. The Kier molecular flexibility index (Phi) is 5.24. The third-order valence-corrected chi connectivity index (χ3v) is 4.36. The van der Waals surface area contributed by atoms with Gasteiger partial charge in [-0.05, 0) is 42.3 Å². The fourth-order valence-electron chi connectivity index (χ4n) is 1.79. The molecule has 1 aromatic carbocycles. The standard InChI is InChI=1S/C15H17N3O3S/c1-12-3-2-4-14(9-12)22(20,21)18-11-15(19)17-10-13-5-7-16-8-6-13/h2-9,18H,10-11H2,1H3,(H,17,19). The van der Waals surface area contributed by atoms with Gasteiger partial charge in [0.25, 0.3) is 0 Å². The van der Waals surface area contributed by atoms with Gasteiger partial charge in [0.2, 0.25) is 15.9 Å². The first-order valence-electron chi connectivity index (χ1n) is 6.69. The Morgan fingerprint density at radius 2 is 1.91 bits per heavy atom. The monoisotopic (exact) mass is 319 g/mol. The molecular weight excluding hydrogens is 302 g/mol. The Balaban J connectivity index is 1.88. The first-order chi connectivity index (χ1) is 10.5. The summed E-state index contributed by atoms with van der Waals surface area (Å²) < 4.78 is 26.4. The SMILES string of the molecule is Cc1cccc(S(=O)(=O)NCC(=O)NCc2ccncc2)c1. The molecule has 0 radical (unpaired) electrons. The molecule has 0 saturated carbocycles. The lowest BCUT2D eigenvalue weighted by atomic mass is 10.2. The lowest BCUT2D eigenvalue weighted by Gasteiger charge is -2.08. The van der Waals surface area contributed by atoms with Gasteiger partial charge < -0.3 is 5.32 Å². The Morgan fingerprint density at radius 3 is 2.59 bits per heavy atom. The van der Waals surface area contributed by atoms with Gasteiger partial charge in [0.05, 0.1) is 11.4 Å². The average Bonchev–Trinajstić information content (AvgIpc) is 2.52. The van der Waals surface area contributed by atoms with Crippen LogP contribution in [0.4, 0.5) is 0 Å². The molecule has 0 aliphatic heterocycles. The molecule has 2 aromatic rings. The van der Waals surface area contributed by atoms with Crippen molar-refractivity contribution < 1.29 is 13.2 Å². The fraction of sp³-hybridized carbons (Fsp3) is 0.200. The van der Waals surface area contributed by atoms with Crippen LogP contribution in [0.5, 0.6) is 0 Å². The van der Waals surface area contributed by atoms with Crippen molar-refractivity contribution in [1.82, 2.24) is 15.0 Å². The van der Waals surface area contributed by atoms with Gasteiger partial charge in [0, 0.05) is 18.9 Å². The predicted molar refractivity (Wildman–Crippen MR) is 82.5 cm³/mol. The lowest BCUT2D eigenvalue weighted by Crippen LogP contribution is -2.36. The molecule has 6 nitrogen and oxygen atoms in total. The van der Waals surface area contributed by atoms with Gasteiger partial charge in [-0.2, -0.15) is 0 Å². The number of benzene rings is 1. The molecule has 0 fully saturated rings. The van der Waals surface area contributed by atoms with Gasteiger partial charge in [0.15, 0.2) is 0 Å². The Hall–Kier alpha value is -2.25. The number of pyridine rings is 1. The number of carbonyl (C=O) groups excluding carboxylic acids is 1. The molecule has 22 heavy (non-hydrogen) atoms. The molecule has 0 aliphatic rings. The van der Waals surface area contributed by atoms with Crippen molar-refractivity contribution in [2.45, 2.75) is 18.4 Å². The molecule has 0 atom stereocenters. The molecule has 0 aliphatic carbocycles. The first kappa shape index (κ1) is 16.1. The zero-order chi connectivity index (χ0) is 16.0. The molecular formula is C15H17N3O3S. The van der Waals surface area contributed by atoms with E-state index >= 15 is 0 Å². The minimum absolute atomic E-state index is 0.148. The van der Waals surface area contributed by atoms with Crippen LogP contribution in [0.25, 0.3) is 0 Å². The van der Waals surface area contributed by atoms with Gasteiger partial charge in [0.1, 0.15) is 0 Å². The van der Waals surface area contributed by atoms with Crippen LogP contribution in [0.15, 0.2) is 53.7 Å². The van der Waals surface area contributed by atoms with E-state index in [0.29, 0.717) is 6.54 Å². The Bertz CT molecular complexity index is 746. The zero-order valence-electron chi connectivity index (χ0n) is 12.1. The molecule has 1 heterocycles. The third-order valence-electron chi connectivity index (χ3n) is 2.96. The van der Waals surface area contributed by atoms with Crippen molar-refractivity contribution in [1.29, 1.82) is 0 Å².